The van der Waals surface area contributed by atoms with Gasteiger partial charge in [-0.15, -0.1) is 11.8 Å². The number of nitrogens with zero attached hydrogens (tertiary/aromatic N) is 1. The van der Waals surface area contributed by atoms with Gasteiger partial charge in [-0.05, 0) is 30.2 Å². The second kappa shape index (κ2) is 6.49. The largest absolute Gasteiger partial charge is 0.496 e. The topological polar surface area (TPSA) is 78.4 Å². The first-order valence-corrected chi connectivity index (χ1v) is 7.30. The van der Waals surface area contributed by atoms with E-state index in [0.717, 1.165) is 21.7 Å². The summed E-state index contributed by atoms with van der Waals surface area (Å²) in [4.78, 5) is 11.5. The molecule has 0 saturated heterocycles. The number of aryl methyl sites for hydroxylation is 1. The van der Waals surface area contributed by atoms with E-state index in [1.54, 1.807) is 23.9 Å². The lowest BCUT2D eigenvalue weighted by Crippen LogP contribution is -1.94. The molecule has 0 atom stereocenters. The summed E-state index contributed by atoms with van der Waals surface area (Å²) < 4.78 is 5.10. The van der Waals surface area contributed by atoms with E-state index >= 15 is 0 Å². The minimum absolute atomic E-state index is 0.0298. The number of para-hydroxylation sites is 1. The molecule has 2 aromatic carbocycles. The van der Waals surface area contributed by atoms with Crippen LogP contribution < -0.4 is 10.5 Å². The molecule has 0 saturated carbocycles. The number of nitro benzene ring substituents is 1. The van der Waals surface area contributed by atoms with Gasteiger partial charge in [0, 0.05) is 22.4 Å². The fourth-order valence-electron chi connectivity index (χ4n) is 1.89. The van der Waals surface area contributed by atoms with E-state index in [9.17, 15) is 10.1 Å². The molecule has 0 spiro atoms. The summed E-state index contributed by atoms with van der Waals surface area (Å²) in [6.45, 7) is 1.95. The molecule has 0 radical (unpaired) electrons. The zero-order valence-corrected chi connectivity index (χ0v) is 12.6. The maximum Gasteiger partial charge on any atom is 0.273 e. The van der Waals surface area contributed by atoms with Gasteiger partial charge in [0.15, 0.2) is 0 Å². The lowest BCUT2D eigenvalue weighted by atomic mass is 10.2. The molecule has 0 aromatic heterocycles. The van der Waals surface area contributed by atoms with E-state index in [4.69, 9.17) is 10.5 Å². The van der Waals surface area contributed by atoms with Crippen molar-refractivity contribution in [3.05, 3.63) is 57.6 Å². The highest BCUT2D eigenvalue weighted by Gasteiger charge is 2.11. The molecule has 0 amide bonds. The van der Waals surface area contributed by atoms with Gasteiger partial charge in [-0.2, -0.15) is 0 Å². The van der Waals surface area contributed by atoms with Crippen molar-refractivity contribution in [2.75, 3.05) is 12.8 Å². The van der Waals surface area contributed by atoms with Crippen LogP contribution in [0.3, 0.4) is 0 Å². The van der Waals surface area contributed by atoms with Gasteiger partial charge in [-0.1, -0.05) is 12.1 Å². The molecule has 2 aromatic rings. The first-order valence-electron chi connectivity index (χ1n) is 6.31. The molecule has 110 valence electrons. The Hall–Kier alpha value is -2.21. The number of benzene rings is 2. The monoisotopic (exact) mass is 304 g/mol. The lowest BCUT2D eigenvalue weighted by molar-refractivity contribution is -0.385. The summed E-state index contributed by atoms with van der Waals surface area (Å²) in [7, 11) is 1.49. The Morgan fingerprint density at radius 1 is 1.33 bits per heavy atom. The highest BCUT2D eigenvalue weighted by molar-refractivity contribution is 7.98. The predicted molar refractivity (Wildman–Crippen MR) is 84.8 cm³/mol. The fraction of sp³-hybridized carbons (Fsp3) is 0.200. The van der Waals surface area contributed by atoms with Gasteiger partial charge >= 0.3 is 0 Å². The Balaban J connectivity index is 2.21. The van der Waals surface area contributed by atoms with E-state index in [0.29, 0.717) is 11.5 Å². The van der Waals surface area contributed by atoms with E-state index < -0.39 is 4.92 Å². The van der Waals surface area contributed by atoms with E-state index in [1.807, 2.05) is 25.1 Å². The maximum absolute atomic E-state index is 10.9. The molecule has 0 aliphatic rings. The quantitative estimate of drug-likeness (QED) is 0.393. The van der Waals surface area contributed by atoms with Gasteiger partial charge in [0.2, 0.25) is 0 Å². The second-order valence-electron chi connectivity index (χ2n) is 4.57. The van der Waals surface area contributed by atoms with Crippen LogP contribution in [0, 0.1) is 17.0 Å². The van der Waals surface area contributed by atoms with Crippen molar-refractivity contribution < 1.29 is 9.66 Å². The molecule has 2 N–H and O–H groups in total. The molecule has 0 aliphatic heterocycles. The highest BCUT2D eigenvalue weighted by Crippen LogP contribution is 2.32. The lowest BCUT2D eigenvalue weighted by Gasteiger charge is -2.09. The third kappa shape index (κ3) is 3.66. The number of nitro groups is 1. The van der Waals surface area contributed by atoms with Crippen LogP contribution in [0.15, 0.2) is 41.3 Å². The molecular formula is C15H16N2O3S. The molecule has 21 heavy (non-hydrogen) atoms. The standard InChI is InChI=1S/C15H16N2O3S/c1-10-4-3-5-14(15(10)16)21-9-11-6-12(17(18)19)8-13(7-11)20-2/h3-8H,9,16H2,1-2H3. The average Bonchev–Trinajstić information content (AvgIpc) is 2.48. The van der Waals surface area contributed by atoms with Crippen molar-refractivity contribution in [3.63, 3.8) is 0 Å². The number of methoxy groups -OCH3 is 1. The summed E-state index contributed by atoms with van der Waals surface area (Å²) in [5.41, 5.74) is 8.66. The third-order valence-corrected chi connectivity index (χ3v) is 4.22. The number of rotatable bonds is 5. The van der Waals surface area contributed by atoms with Gasteiger partial charge in [0.05, 0.1) is 18.1 Å². The summed E-state index contributed by atoms with van der Waals surface area (Å²) in [6.07, 6.45) is 0. The number of non-ortho nitro benzene ring substituents is 1. The van der Waals surface area contributed by atoms with Crippen LogP contribution in [0.25, 0.3) is 0 Å². The van der Waals surface area contributed by atoms with Crippen LogP contribution in [0.2, 0.25) is 0 Å². The van der Waals surface area contributed by atoms with Crippen LogP contribution in [-0.2, 0) is 5.75 Å². The molecular weight excluding hydrogens is 288 g/mol. The van der Waals surface area contributed by atoms with Crippen molar-refractivity contribution in [2.24, 2.45) is 0 Å². The zero-order valence-electron chi connectivity index (χ0n) is 11.8. The van der Waals surface area contributed by atoms with Crippen LogP contribution in [0.4, 0.5) is 11.4 Å². The maximum atomic E-state index is 10.9. The van der Waals surface area contributed by atoms with Crippen molar-refractivity contribution >= 4 is 23.1 Å². The van der Waals surface area contributed by atoms with Crippen LogP contribution in [0.5, 0.6) is 5.75 Å². The number of thioether (sulfide) groups is 1. The molecule has 0 aliphatic carbocycles. The van der Waals surface area contributed by atoms with E-state index in [-0.39, 0.29) is 5.69 Å². The third-order valence-electron chi connectivity index (χ3n) is 3.08. The molecule has 0 heterocycles. The molecule has 5 nitrogen and oxygen atoms in total. The second-order valence-corrected chi connectivity index (χ2v) is 5.59. The van der Waals surface area contributed by atoms with Gasteiger partial charge in [0.25, 0.3) is 5.69 Å². The predicted octanol–water partition coefficient (Wildman–Crippen LogP) is 3.79. The highest BCUT2D eigenvalue weighted by atomic mass is 32.2. The fourth-order valence-corrected chi connectivity index (χ4v) is 2.87. The Labute approximate surface area is 127 Å². The van der Waals surface area contributed by atoms with Crippen molar-refractivity contribution in [1.29, 1.82) is 0 Å². The van der Waals surface area contributed by atoms with Crippen LogP contribution in [-0.4, -0.2) is 12.0 Å². The van der Waals surface area contributed by atoms with E-state index in [1.165, 1.54) is 13.2 Å². The summed E-state index contributed by atoms with van der Waals surface area (Å²) in [5.74, 6) is 1.07. The Morgan fingerprint density at radius 3 is 2.76 bits per heavy atom. The van der Waals surface area contributed by atoms with Crippen LogP contribution >= 0.6 is 11.8 Å². The Kier molecular flexibility index (Phi) is 4.70. The number of nitrogen functional groups attached to an aromatic ring is 1. The minimum Gasteiger partial charge on any atom is -0.496 e. The van der Waals surface area contributed by atoms with Crippen LogP contribution in [0.1, 0.15) is 11.1 Å². The normalized spacial score (nSPS) is 10.4. The van der Waals surface area contributed by atoms with Crippen molar-refractivity contribution in [1.82, 2.24) is 0 Å². The Bertz CT molecular complexity index is 674. The first-order chi connectivity index (χ1) is 10.0. The number of nitrogens with two attached hydrogens (primary N) is 1. The summed E-state index contributed by atoms with van der Waals surface area (Å²) in [5, 5.41) is 10.9. The molecule has 6 heteroatoms. The molecule has 0 fully saturated rings. The van der Waals surface area contributed by atoms with E-state index in [2.05, 4.69) is 0 Å². The first kappa shape index (κ1) is 15.2. The molecule has 0 unspecified atom stereocenters. The number of ether oxygens (including phenoxy) is 1. The van der Waals surface area contributed by atoms with Crippen molar-refractivity contribution in [2.45, 2.75) is 17.6 Å². The minimum atomic E-state index is -0.419. The zero-order chi connectivity index (χ0) is 15.4. The average molecular weight is 304 g/mol. The van der Waals surface area contributed by atoms with Gasteiger partial charge < -0.3 is 10.5 Å². The molecule has 0 bridgehead atoms. The van der Waals surface area contributed by atoms with Gasteiger partial charge in [0.1, 0.15) is 5.75 Å². The summed E-state index contributed by atoms with van der Waals surface area (Å²) >= 11 is 1.55. The van der Waals surface area contributed by atoms with Gasteiger partial charge in [-0.3, -0.25) is 10.1 Å². The van der Waals surface area contributed by atoms with Crippen molar-refractivity contribution in [3.8, 4) is 5.75 Å². The summed E-state index contributed by atoms with van der Waals surface area (Å²) in [6, 6.07) is 10.6. The number of hydrogen-bond acceptors (Lipinski definition) is 5. The Morgan fingerprint density at radius 2 is 2.10 bits per heavy atom. The number of hydrogen-bond donors (Lipinski definition) is 1. The SMILES string of the molecule is COc1cc(CSc2cccc(C)c2N)cc([N+](=O)[O-])c1. The molecule has 2 rings (SSSR count). The smallest absolute Gasteiger partial charge is 0.273 e. The number of anilines is 1. The van der Waals surface area contributed by atoms with Gasteiger partial charge in [-0.25, -0.2) is 0 Å².